The molecule has 0 aromatic heterocycles. The Morgan fingerprint density at radius 3 is 2.53 bits per heavy atom. The van der Waals surface area contributed by atoms with Crippen molar-refractivity contribution in [2.45, 2.75) is 12.8 Å². The van der Waals surface area contributed by atoms with Crippen LogP contribution in [-0.4, -0.2) is 23.7 Å². The van der Waals surface area contributed by atoms with E-state index in [2.05, 4.69) is 5.10 Å². The van der Waals surface area contributed by atoms with Crippen LogP contribution < -0.4 is 0 Å². The maximum absolute atomic E-state index is 12.7. The lowest BCUT2D eigenvalue weighted by molar-refractivity contribution is -0.130. The van der Waals surface area contributed by atoms with Crippen molar-refractivity contribution in [3.05, 3.63) is 35.6 Å². The molecule has 0 spiro atoms. The van der Waals surface area contributed by atoms with Gasteiger partial charge in [-0.25, -0.2) is 9.40 Å². The zero-order valence-corrected chi connectivity index (χ0v) is 8.40. The van der Waals surface area contributed by atoms with Crippen LogP contribution in [0.2, 0.25) is 0 Å². The van der Waals surface area contributed by atoms with Gasteiger partial charge in [0.25, 0.3) is 0 Å². The Balaban J connectivity index is 2.28. The van der Waals surface area contributed by atoms with Gasteiger partial charge in [0.1, 0.15) is 5.82 Å². The van der Waals surface area contributed by atoms with Gasteiger partial charge in [0.05, 0.1) is 5.71 Å². The molecule has 0 radical (unpaired) electrons. The summed E-state index contributed by atoms with van der Waals surface area (Å²) in [5.74, 6) is -0.250. The van der Waals surface area contributed by atoms with Crippen LogP contribution in [0.1, 0.15) is 18.4 Å². The molecule has 1 amide bonds. The van der Waals surface area contributed by atoms with Gasteiger partial charge < -0.3 is 0 Å². The molecule has 2 rings (SSSR count). The smallest absolute Gasteiger partial charge is 0.242 e. The summed E-state index contributed by atoms with van der Waals surface area (Å²) in [7, 11) is 1.63. The molecule has 0 atom stereocenters. The van der Waals surface area contributed by atoms with Crippen molar-refractivity contribution in [3.8, 4) is 0 Å². The van der Waals surface area contributed by atoms with Crippen molar-refractivity contribution < 1.29 is 9.18 Å². The fraction of sp³-hybridized carbons (Fsp3) is 0.273. The number of rotatable bonds is 1. The molecule has 78 valence electrons. The standard InChI is InChI=1S/C11H11FN2O/c1-14-11(15)7-6-10(13-14)8-2-4-9(12)5-3-8/h2-5H,6-7H2,1H3. The SMILES string of the molecule is CN1N=C(c2ccc(F)cc2)CCC1=O. The minimum absolute atomic E-state index is 0.0147. The van der Waals surface area contributed by atoms with E-state index in [1.165, 1.54) is 17.1 Å². The first-order chi connectivity index (χ1) is 7.16. The topological polar surface area (TPSA) is 32.7 Å². The third-order valence-corrected chi connectivity index (χ3v) is 2.38. The fourth-order valence-corrected chi connectivity index (χ4v) is 1.52. The number of benzene rings is 1. The highest BCUT2D eigenvalue weighted by molar-refractivity contribution is 6.04. The normalized spacial score (nSPS) is 16.5. The summed E-state index contributed by atoms with van der Waals surface area (Å²) >= 11 is 0. The van der Waals surface area contributed by atoms with E-state index in [0.717, 1.165) is 11.3 Å². The summed E-state index contributed by atoms with van der Waals surface area (Å²) in [6, 6.07) is 6.15. The lowest BCUT2D eigenvalue weighted by atomic mass is 10.0. The second kappa shape index (κ2) is 3.81. The van der Waals surface area contributed by atoms with Crippen LogP contribution in [0, 0.1) is 5.82 Å². The minimum atomic E-state index is -0.264. The second-order valence-corrected chi connectivity index (χ2v) is 3.47. The highest BCUT2D eigenvalue weighted by atomic mass is 19.1. The summed E-state index contributed by atoms with van der Waals surface area (Å²) < 4.78 is 12.7. The third kappa shape index (κ3) is 2.03. The Labute approximate surface area is 87.2 Å². The van der Waals surface area contributed by atoms with Crippen molar-refractivity contribution in [1.29, 1.82) is 0 Å². The first-order valence-electron chi connectivity index (χ1n) is 4.77. The molecule has 15 heavy (non-hydrogen) atoms. The van der Waals surface area contributed by atoms with E-state index >= 15 is 0 Å². The highest BCUT2D eigenvalue weighted by Crippen LogP contribution is 2.14. The fourth-order valence-electron chi connectivity index (χ4n) is 1.52. The number of hydrogen-bond acceptors (Lipinski definition) is 2. The largest absolute Gasteiger partial charge is 0.273 e. The molecule has 1 aliphatic heterocycles. The van der Waals surface area contributed by atoms with Gasteiger partial charge in [-0.05, 0) is 17.7 Å². The van der Waals surface area contributed by atoms with Crippen molar-refractivity contribution in [2.24, 2.45) is 5.10 Å². The summed E-state index contributed by atoms with van der Waals surface area (Å²) in [4.78, 5) is 11.2. The van der Waals surface area contributed by atoms with Crippen molar-refractivity contribution in [1.82, 2.24) is 5.01 Å². The summed E-state index contributed by atoms with van der Waals surface area (Å²) in [5.41, 5.74) is 1.70. The maximum Gasteiger partial charge on any atom is 0.242 e. The van der Waals surface area contributed by atoms with E-state index in [0.29, 0.717) is 12.8 Å². The van der Waals surface area contributed by atoms with Gasteiger partial charge in [-0.3, -0.25) is 4.79 Å². The number of amides is 1. The Kier molecular flexibility index (Phi) is 2.49. The maximum atomic E-state index is 12.7. The van der Waals surface area contributed by atoms with Gasteiger partial charge in [0, 0.05) is 19.9 Å². The average Bonchev–Trinajstić information content (AvgIpc) is 2.23. The lowest BCUT2D eigenvalue weighted by Crippen LogP contribution is -2.28. The average molecular weight is 206 g/mol. The number of carbonyl (C=O) groups is 1. The van der Waals surface area contributed by atoms with Gasteiger partial charge >= 0.3 is 0 Å². The number of hydrazone groups is 1. The number of carbonyl (C=O) groups excluding carboxylic acids is 1. The molecular weight excluding hydrogens is 195 g/mol. The van der Waals surface area contributed by atoms with Gasteiger partial charge in [-0.1, -0.05) is 12.1 Å². The Bertz CT molecular complexity index is 411. The van der Waals surface area contributed by atoms with Crippen molar-refractivity contribution >= 4 is 11.6 Å². The minimum Gasteiger partial charge on any atom is -0.273 e. The van der Waals surface area contributed by atoms with Crippen molar-refractivity contribution in [3.63, 3.8) is 0 Å². The summed E-state index contributed by atoms with van der Waals surface area (Å²) in [6.45, 7) is 0. The van der Waals surface area contributed by atoms with Gasteiger partial charge in [0.15, 0.2) is 0 Å². The molecule has 1 heterocycles. The van der Waals surface area contributed by atoms with Crippen LogP contribution in [0.3, 0.4) is 0 Å². The second-order valence-electron chi connectivity index (χ2n) is 3.47. The van der Waals surface area contributed by atoms with Crippen LogP contribution in [0.25, 0.3) is 0 Å². The van der Waals surface area contributed by atoms with E-state index in [1.54, 1.807) is 19.2 Å². The molecule has 0 N–H and O–H groups in total. The third-order valence-electron chi connectivity index (χ3n) is 2.38. The highest BCUT2D eigenvalue weighted by Gasteiger charge is 2.17. The van der Waals surface area contributed by atoms with E-state index in [-0.39, 0.29) is 11.7 Å². The molecule has 1 aliphatic rings. The molecule has 4 heteroatoms. The Morgan fingerprint density at radius 1 is 1.27 bits per heavy atom. The van der Waals surface area contributed by atoms with Crippen molar-refractivity contribution in [2.75, 3.05) is 7.05 Å². The van der Waals surface area contributed by atoms with Gasteiger partial charge in [0.2, 0.25) is 5.91 Å². The predicted molar refractivity (Wildman–Crippen MR) is 54.9 cm³/mol. The molecular formula is C11H11FN2O. The predicted octanol–water partition coefficient (Wildman–Crippen LogP) is 1.78. The van der Waals surface area contributed by atoms with Crippen LogP contribution in [0.15, 0.2) is 29.4 Å². The molecule has 0 bridgehead atoms. The zero-order chi connectivity index (χ0) is 10.8. The van der Waals surface area contributed by atoms with Gasteiger partial charge in [-0.2, -0.15) is 5.10 Å². The van der Waals surface area contributed by atoms with Crippen LogP contribution in [-0.2, 0) is 4.79 Å². The summed E-state index contributed by atoms with van der Waals surface area (Å²) in [6.07, 6.45) is 1.08. The molecule has 0 aliphatic carbocycles. The van der Waals surface area contributed by atoms with Crippen LogP contribution >= 0.6 is 0 Å². The van der Waals surface area contributed by atoms with E-state index in [1.807, 2.05) is 0 Å². The van der Waals surface area contributed by atoms with Gasteiger partial charge in [-0.15, -0.1) is 0 Å². The van der Waals surface area contributed by atoms with E-state index < -0.39 is 0 Å². The quantitative estimate of drug-likeness (QED) is 0.689. The summed E-state index contributed by atoms with van der Waals surface area (Å²) in [5, 5.41) is 5.48. The number of nitrogens with zero attached hydrogens (tertiary/aromatic N) is 2. The number of hydrogen-bond donors (Lipinski definition) is 0. The van der Waals surface area contributed by atoms with Crippen LogP contribution in [0.4, 0.5) is 4.39 Å². The Morgan fingerprint density at radius 2 is 1.93 bits per heavy atom. The monoisotopic (exact) mass is 206 g/mol. The molecule has 1 aromatic carbocycles. The molecule has 0 saturated carbocycles. The molecule has 0 fully saturated rings. The number of halogens is 1. The van der Waals surface area contributed by atoms with Crippen LogP contribution in [0.5, 0.6) is 0 Å². The molecule has 0 saturated heterocycles. The molecule has 3 nitrogen and oxygen atoms in total. The first-order valence-corrected chi connectivity index (χ1v) is 4.77. The zero-order valence-electron chi connectivity index (χ0n) is 8.40. The lowest BCUT2D eigenvalue weighted by Gasteiger charge is -2.19. The molecule has 0 unspecified atom stereocenters. The van der Waals surface area contributed by atoms with E-state index in [9.17, 15) is 9.18 Å². The first kappa shape index (κ1) is 9.83. The Hall–Kier alpha value is -1.71. The molecule has 1 aromatic rings. The van der Waals surface area contributed by atoms with E-state index in [4.69, 9.17) is 0 Å².